The Balaban J connectivity index is 1.91. The molecule has 0 aliphatic carbocycles. The Morgan fingerprint density at radius 2 is 1.41 bits per heavy atom. The molecular formula is C25H23NS. The van der Waals surface area contributed by atoms with E-state index in [9.17, 15) is 0 Å². The molecule has 0 saturated carbocycles. The molecule has 0 spiro atoms. The van der Waals surface area contributed by atoms with Gasteiger partial charge in [0.15, 0.2) is 0 Å². The van der Waals surface area contributed by atoms with Gasteiger partial charge in [0.1, 0.15) is 0 Å². The van der Waals surface area contributed by atoms with Crippen LogP contribution >= 0.6 is 11.3 Å². The minimum Gasteiger partial charge on any atom is -0.264 e. The second-order valence-corrected chi connectivity index (χ2v) is 8.00. The Morgan fingerprint density at radius 3 is 1.89 bits per heavy atom. The third-order valence-electron chi connectivity index (χ3n) is 5.21. The summed E-state index contributed by atoms with van der Waals surface area (Å²) in [4.78, 5) is 5.91. The molecular weight excluding hydrogens is 346 g/mol. The maximum atomic E-state index is 4.48. The molecule has 0 bridgehead atoms. The molecule has 4 rings (SSSR count). The number of hydrogen-bond donors (Lipinski definition) is 0. The van der Waals surface area contributed by atoms with E-state index < -0.39 is 0 Å². The molecule has 0 saturated heterocycles. The van der Waals surface area contributed by atoms with Crippen LogP contribution in [0.1, 0.15) is 27.1 Å². The Kier molecular flexibility index (Phi) is 5.17. The van der Waals surface area contributed by atoms with Crippen molar-refractivity contribution in [3.05, 3.63) is 124 Å². The van der Waals surface area contributed by atoms with Crippen LogP contribution < -0.4 is 0 Å². The van der Waals surface area contributed by atoms with Crippen molar-refractivity contribution in [2.45, 2.75) is 25.2 Å². The molecule has 4 aromatic rings. The highest BCUT2D eigenvalue weighted by atomic mass is 32.1. The molecule has 0 atom stereocenters. The number of aryl methyl sites for hydroxylation is 1. The van der Waals surface area contributed by atoms with E-state index in [0.29, 0.717) is 0 Å². The molecule has 2 aromatic heterocycles. The van der Waals surface area contributed by atoms with Crippen LogP contribution in [0.5, 0.6) is 0 Å². The number of pyridine rings is 1. The van der Waals surface area contributed by atoms with E-state index in [1.54, 1.807) is 0 Å². The highest BCUT2D eigenvalue weighted by Crippen LogP contribution is 2.42. The summed E-state index contributed by atoms with van der Waals surface area (Å²) in [6.45, 7) is 2.23. The number of thiophene rings is 1. The van der Waals surface area contributed by atoms with Crippen LogP contribution in [0.2, 0.25) is 0 Å². The van der Waals surface area contributed by atoms with Crippen molar-refractivity contribution in [1.29, 1.82) is 0 Å². The molecule has 0 amide bonds. The van der Waals surface area contributed by atoms with Crippen molar-refractivity contribution in [3.8, 4) is 0 Å². The van der Waals surface area contributed by atoms with Crippen LogP contribution in [-0.4, -0.2) is 4.98 Å². The van der Waals surface area contributed by atoms with Gasteiger partial charge in [0.2, 0.25) is 0 Å². The minimum absolute atomic E-state index is 0.130. The van der Waals surface area contributed by atoms with Crippen molar-refractivity contribution in [2.24, 2.45) is 0 Å². The fourth-order valence-electron chi connectivity index (χ4n) is 3.96. The number of nitrogens with zero attached hydrogens (tertiary/aromatic N) is 1. The van der Waals surface area contributed by atoms with Crippen molar-refractivity contribution < 1.29 is 0 Å². The first kappa shape index (κ1) is 17.7. The first-order valence-corrected chi connectivity index (χ1v) is 10.2. The highest BCUT2D eigenvalue weighted by molar-refractivity contribution is 7.10. The summed E-state index contributed by atoms with van der Waals surface area (Å²) in [5, 5.41) is 2.21. The van der Waals surface area contributed by atoms with Crippen LogP contribution in [-0.2, 0) is 18.3 Å². The summed E-state index contributed by atoms with van der Waals surface area (Å²) in [7, 11) is 0. The zero-order chi connectivity index (χ0) is 18.5. The Bertz CT molecular complexity index is 933. The third kappa shape index (κ3) is 3.72. The first-order valence-electron chi connectivity index (χ1n) is 9.31. The van der Waals surface area contributed by atoms with E-state index in [0.717, 1.165) is 12.8 Å². The lowest BCUT2D eigenvalue weighted by Gasteiger charge is -2.35. The predicted octanol–water partition coefficient (Wildman–Crippen LogP) is 6.22. The van der Waals surface area contributed by atoms with E-state index in [1.807, 2.05) is 23.7 Å². The lowest BCUT2D eigenvalue weighted by Crippen LogP contribution is -2.33. The van der Waals surface area contributed by atoms with Crippen LogP contribution in [0.15, 0.2) is 96.6 Å². The summed E-state index contributed by atoms with van der Waals surface area (Å²) in [5.41, 5.74) is 5.21. The molecule has 0 aliphatic heterocycles. The Labute approximate surface area is 165 Å². The van der Waals surface area contributed by atoms with Gasteiger partial charge in [0.05, 0.1) is 0 Å². The molecule has 0 aliphatic rings. The molecule has 134 valence electrons. The maximum Gasteiger partial charge on any atom is 0.0394 e. The zero-order valence-electron chi connectivity index (χ0n) is 15.5. The standard InChI is InChI=1S/C25H23NS/c1-20-14-16-27-24(20)25(23-13-8-15-26-19-23,17-21-9-4-2-5-10-21)18-22-11-6-3-7-12-22/h2-16,19H,17-18H2,1H3. The van der Waals surface area contributed by atoms with Crippen molar-refractivity contribution in [1.82, 2.24) is 4.98 Å². The summed E-state index contributed by atoms with van der Waals surface area (Å²) >= 11 is 1.86. The molecule has 2 heteroatoms. The lowest BCUT2D eigenvalue weighted by molar-refractivity contribution is 0.512. The molecule has 2 aromatic carbocycles. The summed E-state index contributed by atoms with van der Waals surface area (Å²) in [6, 6.07) is 28.2. The lowest BCUT2D eigenvalue weighted by atomic mass is 9.70. The zero-order valence-corrected chi connectivity index (χ0v) is 16.3. The molecule has 27 heavy (non-hydrogen) atoms. The van der Waals surface area contributed by atoms with Gasteiger partial charge < -0.3 is 0 Å². The van der Waals surface area contributed by atoms with Gasteiger partial charge in [-0.1, -0.05) is 66.7 Å². The van der Waals surface area contributed by atoms with E-state index in [2.05, 4.69) is 96.2 Å². The van der Waals surface area contributed by atoms with Crippen molar-refractivity contribution in [3.63, 3.8) is 0 Å². The summed E-state index contributed by atoms with van der Waals surface area (Å²) < 4.78 is 0. The first-order chi connectivity index (χ1) is 13.3. The molecule has 0 unspecified atom stereocenters. The number of aromatic nitrogens is 1. The summed E-state index contributed by atoms with van der Waals surface area (Å²) in [5.74, 6) is 0. The largest absolute Gasteiger partial charge is 0.264 e. The number of rotatable bonds is 6. The monoisotopic (exact) mass is 369 g/mol. The van der Waals surface area contributed by atoms with Gasteiger partial charge in [0, 0.05) is 22.7 Å². The van der Waals surface area contributed by atoms with E-state index in [4.69, 9.17) is 0 Å². The fraction of sp³-hybridized carbons (Fsp3) is 0.160. The van der Waals surface area contributed by atoms with Crippen LogP contribution in [0.4, 0.5) is 0 Å². The predicted molar refractivity (Wildman–Crippen MR) is 114 cm³/mol. The highest BCUT2D eigenvalue weighted by Gasteiger charge is 2.37. The third-order valence-corrected chi connectivity index (χ3v) is 6.43. The van der Waals surface area contributed by atoms with E-state index in [1.165, 1.54) is 27.1 Å². The molecule has 0 fully saturated rings. The van der Waals surface area contributed by atoms with Gasteiger partial charge in [0.25, 0.3) is 0 Å². The number of benzene rings is 2. The van der Waals surface area contributed by atoms with Crippen LogP contribution in [0.3, 0.4) is 0 Å². The SMILES string of the molecule is Cc1ccsc1C(Cc1ccccc1)(Cc1ccccc1)c1cccnc1. The molecule has 0 radical (unpaired) electrons. The van der Waals surface area contributed by atoms with Gasteiger partial charge in [-0.05, 0) is 59.5 Å². The Morgan fingerprint density at radius 1 is 0.778 bits per heavy atom. The van der Waals surface area contributed by atoms with Crippen molar-refractivity contribution in [2.75, 3.05) is 0 Å². The van der Waals surface area contributed by atoms with Gasteiger partial charge in [-0.25, -0.2) is 0 Å². The van der Waals surface area contributed by atoms with E-state index >= 15 is 0 Å². The number of hydrogen-bond acceptors (Lipinski definition) is 2. The maximum absolute atomic E-state index is 4.48. The van der Waals surface area contributed by atoms with Gasteiger partial charge in [-0.3, -0.25) is 4.98 Å². The molecule has 0 N–H and O–H groups in total. The van der Waals surface area contributed by atoms with Crippen LogP contribution in [0, 0.1) is 6.92 Å². The quantitative estimate of drug-likeness (QED) is 0.393. The fourth-order valence-corrected chi connectivity index (χ4v) is 5.11. The topological polar surface area (TPSA) is 12.9 Å². The van der Waals surface area contributed by atoms with Gasteiger partial charge >= 0.3 is 0 Å². The van der Waals surface area contributed by atoms with Crippen LogP contribution in [0.25, 0.3) is 0 Å². The molecule has 2 heterocycles. The smallest absolute Gasteiger partial charge is 0.0394 e. The van der Waals surface area contributed by atoms with Crippen molar-refractivity contribution >= 4 is 11.3 Å². The average Bonchev–Trinajstić information content (AvgIpc) is 3.16. The minimum atomic E-state index is -0.130. The molecule has 1 nitrogen and oxygen atoms in total. The van der Waals surface area contributed by atoms with E-state index in [-0.39, 0.29) is 5.41 Å². The summed E-state index contributed by atoms with van der Waals surface area (Å²) in [6.07, 6.45) is 5.82. The van der Waals surface area contributed by atoms with Gasteiger partial charge in [-0.2, -0.15) is 0 Å². The second-order valence-electron chi connectivity index (χ2n) is 7.08. The second kappa shape index (κ2) is 7.89. The normalized spacial score (nSPS) is 11.4. The Hall–Kier alpha value is -2.71. The van der Waals surface area contributed by atoms with Gasteiger partial charge in [-0.15, -0.1) is 11.3 Å². The average molecular weight is 370 g/mol.